The molecule has 2 heteroatoms. The summed E-state index contributed by atoms with van der Waals surface area (Å²) in [4.78, 5) is 2.43. The van der Waals surface area contributed by atoms with Crippen LogP contribution in [0.5, 0.6) is 0 Å². The molecule has 0 atom stereocenters. The number of hydrogen-bond donors (Lipinski definition) is 0. The SMILES string of the molecule is CC1(C)c2ccccc2-c2ccc(N(c3ccc(-c4ccccc4)cc3)c3cccc4oc5ccc(C6(C)c7ccccc7-c7ccccc76)cc5c34)cc21. The van der Waals surface area contributed by atoms with Gasteiger partial charge in [0.2, 0.25) is 0 Å². The molecule has 1 aromatic heterocycles. The predicted octanol–water partition coefficient (Wildman–Crippen LogP) is 14.4. The van der Waals surface area contributed by atoms with Crippen LogP contribution in [0, 0.1) is 0 Å². The summed E-state index contributed by atoms with van der Waals surface area (Å²) in [5, 5.41) is 2.23. The first kappa shape index (κ1) is 31.8. The maximum Gasteiger partial charge on any atom is 0.137 e. The first-order valence-corrected chi connectivity index (χ1v) is 19.3. The summed E-state index contributed by atoms with van der Waals surface area (Å²) in [5.41, 5.74) is 18.9. The lowest BCUT2D eigenvalue weighted by atomic mass is 9.74. The van der Waals surface area contributed by atoms with Gasteiger partial charge in [0.25, 0.3) is 0 Å². The lowest BCUT2D eigenvalue weighted by Gasteiger charge is -2.29. The summed E-state index contributed by atoms with van der Waals surface area (Å²) < 4.78 is 6.70. The van der Waals surface area contributed by atoms with Crippen LogP contribution >= 0.6 is 0 Å². The molecular formula is C53H39NO. The molecule has 0 spiro atoms. The Balaban J connectivity index is 1.14. The van der Waals surface area contributed by atoms with Crippen molar-refractivity contribution in [3.63, 3.8) is 0 Å². The molecule has 0 fully saturated rings. The fourth-order valence-electron chi connectivity index (χ4n) is 9.76. The van der Waals surface area contributed by atoms with E-state index in [9.17, 15) is 0 Å². The first-order chi connectivity index (χ1) is 26.9. The van der Waals surface area contributed by atoms with Crippen molar-refractivity contribution < 1.29 is 4.42 Å². The summed E-state index contributed by atoms with van der Waals surface area (Å²) >= 11 is 0. The second kappa shape index (κ2) is 11.7. The molecule has 9 aromatic rings. The fraction of sp³-hybridized carbons (Fsp3) is 0.0943. The highest BCUT2D eigenvalue weighted by molar-refractivity contribution is 6.14. The Morgan fingerprint density at radius 2 is 1.00 bits per heavy atom. The van der Waals surface area contributed by atoms with Gasteiger partial charge in [-0.2, -0.15) is 0 Å². The van der Waals surface area contributed by atoms with Crippen molar-refractivity contribution in [2.24, 2.45) is 0 Å². The smallest absolute Gasteiger partial charge is 0.137 e. The summed E-state index contributed by atoms with van der Waals surface area (Å²) in [6.07, 6.45) is 0. The largest absolute Gasteiger partial charge is 0.456 e. The number of benzene rings is 8. The van der Waals surface area contributed by atoms with Crippen LogP contribution in [0.4, 0.5) is 17.1 Å². The molecule has 8 aromatic carbocycles. The molecule has 2 nitrogen and oxygen atoms in total. The molecule has 11 rings (SSSR count). The van der Waals surface area contributed by atoms with Gasteiger partial charge in [-0.05, 0) is 117 Å². The first-order valence-electron chi connectivity index (χ1n) is 19.3. The van der Waals surface area contributed by atoms with Crippen molar-refractivity contribution in [3.05, 3.63) is 210 Å². The molecular weight excluding hydrogens is 667 g/mol. The normalized spacial score (nSPS) is 14.4. The number of furan rings is 1. The van der Waals surface area contributed by atoms with Gasteiger partial charge in [-0.3, -0.25) is 0 Å². The van der Waals surface area contributed by atoms with Crippen LogP contribution in [0.1, 0.15) is 48.6 Å². The Labute approximate surface area is 322 Å². The molecule has 0 saturated heterocycles. The lowest BCUT2D eigenvalue weighted by molar-refractivity contribution is 0.660. The van der Waals surface area contributed by atoms with Crippen molar-refractivity contribution in [1.29, 1.82) is 0 Å². The Morgan fingerprint density at radius 3 is 1.71 bits per heavy atom. The Kier molecular flexibility index (Phi) is 6.76. The van der Waals surface area contributed by atoms with Crippen LogP contribution in [-0.4, -0.2) is 0 Å². The van der Waals surface area contributed by atoms with E-state index in [1.54, 1.807) is 0 Å². The van der Waals surface area contributed by atoms with Gasteiger partial charge in [-0.15, -0.1) is 0 Å². The number of anilines is 3. The molecule has 55 heavy (non-hydrogen) atoms. The maximum absolute atomic E-state index is 6.70. The van der Waals surface area contributed by atoms with Crippen molar-refractivity contribution in [1.82, 2.24) is 0 Å². The molecule has 2 aliphatic rings. The third kappa shape index (κ3) is 4.55. The Bertz CT molecular complexity index is 2920. The third-order valence-electron chi connectivity index (χ3n) is 12.6. The van der Waals surface area contributed by atoms with E-state index in [1.165, 1.54) is 61.2 Å². The number of hydrogen-bond acceptors (Lipinski definition) is 2. The predicted molar refractivity (Wildman–Crippen MR) is 229 cm³/mol. The molecule has 0 aliphatic heterocycles. The van der Waals surface area contributed by atoms with Crippen LogP contribution in [0.15, 0.2) is 186 Å². The minimum atomic E-state index is -0.312. The van der Waals surface area contributed by atoms with Crippen LogP contribution < -0.4 is 4.90 Å². The van der Waals surface area contributed by atoms with Crippen molar-refractivity contribution in [3.8, 4) is 33.4 Å². The van der Waals surface area contributed by atoms with Gasteiger partial charge in [-0.1, -0.05) is 147 Å². The number of nitrogens with zero attached hydrogens (tertiary/aromatic N) is 1. The zero-order valence-corrected chi connectivity index (χ0v) is 31.2. The second-order valence-electron chi connectivity index (χ2n) is 15.8. The zero-order valence-electron chi connectivity index (χ0n) is 31.2. The van der Waals surface area contributed by atoms with E-state index in [-0.39, 0.29) is 10.8 Å². The van der Waals surface area contributed by atoms with E-state index < -0.39 is 0 Å². The van der Waals surface area contributed by atoms with Gasteiger partial charge >= 0.3 is 0 Å². The van der Waals surface area contributed by atoms with Gasteiger partial charge in [0, 0.05) is 27.6 Å². The number of fused-ring (bicyclic) bond motifs is 9. The number of rotatable bonds is 5. The average molecular weight is 706 g/mol. The highest BCUT2D eigenvalue weighted by Crippen LogP contribution is 2.54. The molecule has 0 radical (unpaired) electrons. The van der Waals surface area contributed by atoms with E-state index in [1.807, 2.05) is 0 Å². The molecule has 0 N–H and O–H groups in total. The minimum absolute atomic E-state index is 0.128. The van der Waals surface area contributed by atoms with E-state index in [0.717, 1.165) is 39.0 Å². The monoisotopic (exact) mass is 705 g/mol. The van der Waals surface area contributed by atoms with Crippen LogP contribution in [0.2, 0.25) is 0 Å². The van der Waals surface area contributed by atoms with E-state index in [0.29, 0.717) is 0 Å². The Morgan fingerprint density at radius 1 is 0.418 bits per heavy atom. The molecule has 262 valence electrons. The topological polar surface area (TPSA) is 16.4 Å². The van der Waals surface area contributed by atoms with Gasteiger partial charge in [-0.25, -0.2) is 0 Å². The molecule has 0 saturated carbocycles. The summed E-state index contributed by atoms with van der Waals surface area (Å²) in [5.74, 6) is 0. The quantitative estimate of drug-likeness (QED) is 0.177. The standard InChI is InChI=1S/C53H39NO/c1-52(2)44-19-10-7-16-39(44)42-30-29-38(33-47(42)52)54(37-27-24-35(25-28-37)34-14-5-4-6-15-34)48-22-13-23-50-51(48)43-32-36(26-31-49(43)55-50)53(3)45-20-11-8-17-40(45)41-18-9-12-21-46(41)53/h4-33H,1-3H3. The average Bonchev–Trinajstić information content (AvgIpc) is 3.82. The van der Waals surface area contributed by atoms with Crippen LogP contribution in [0.3, 0.4) is 0 Å². The maximum atomic E-state index is 6.70. The van der Waals surface area contributed by atoms with E-state index >= 15 is 0 Å². The van der Waals surface area contributed by atoms with Crippen molar-refractivity contribution in [2.75, 3.05) is 4.90 Å². The fourth-order valence-corrected chi connectivity index (χ4v) is 9.76. The molecule has 0 unspecified atom stereocenters. The summed E-state index contributed by atoms with van der Waals surface area (Å²) in [7, 11) is 0. The van der Waals surface area contributed by atoms with E-state index in [2.05, 4.69) is 208 Å². The second-order valence-corrected chi connectivity index (χ2v) is 15.8. The van der Waals surface area contributed by atoms with Gasteiger partial charge in [0.05, 0.1) is 11.1 Å². The summed E-state index contributed by atoms with van der Waals surface area (Å²) in [6, 6.07) is 66.6. The molecule has 0 bridgehead atoms. The summed E-state index contributed by atoms with van der Waals surface area (Å²) in [6.45, 7) is 7.09. The molecule has 2 aliphatic carbocycles. The van der Waals surface area contributed by atoms with Crippen molar-refractivity contribution in [2.45, 2.75) is 31.6 Å². The van der Waals surface area contributed by atoms with Crippen molar-refractivity contribution >= 4 is 39.0 Å². The molecule has 0 amide bonds. The minimum Gasteiger partial charge on any atom is -0.456 e. The third-order valence-corrected chi connectivity index (χ3v) is 12.6. The van der Waals surface area contributed by atoms with Crippen LogP contribution in [0.25, 0.3) is 55.3 Å². The zero-order chi connectivity index (χ0) is 36.9. The van der Waals surface area contributed by atoms with E-state index in [4.69, 9.17) is 4.42 Å². The van der Waals surface area contributed by atoms with Crippen LogP contribution in [-0.2, 0) is 10.8 Å². The Hall–Kier alpha value is -6.64. The van der Waals surface area contributed by atoms with Gasteiger partial charge < -0.3 is 9.32 Å². The highest BCUT2D eigenvalue weighted by Gasteiger charge is 2.41. The van der Waals surface area contributed by atoms with Gasteiger partial charge in [0.15, 0.2) is 0 Å². The van der Waals surface area contributed by atoms with Gasteiger partial charge in [0.1, 0.15) is 11.2 Å². The lowest BCUT2D eigenvalue weighted by Crippen LogP contribution is -2.22. The highest BCUT2D eigenvalue weighted by atomic mass is 16.3. The molecule has 1 heterocycles.